The monoisotopic (exact) mass is 645 g/mol. The molecule has 2 aromatic heterocycles. The van der Waals surface area contributed by atoms with Crippen molar-refractivity contribution in [2.24, 2.45) is 7.05 Å². The van der Waals surface area contributed by atoms with Gasteiger partial charge in [-0.3, -0.25) is 14.3 Å². The highest BCUT2D eigenvalue weighted by atomic mass is 35.5. The molecule has 13 heteroatoms. The molecule has 5 rings (SSSR count). The molecular weight excluding hydrogens is 613 g/mol. The molecule has 0 fully saturated rings. The minimum atomic E-state index is -0.793. The largest absolute Gasteiger partial charge is 0.488 e. The quantitative estimate of drug-likeness (QED) is 0.201. The average Bonchev–Trinajstić information content (AvgIpc) is 3.24. The number of aromatic nitrogens is 4. The molecule has 46 heavy (non-hydrogen) atoms. The number of rotatable bonds is 10. The lowest BCUT2D eigenvalue weighted by Crippen LogP contribution is -2.30. The average molecular weight is 646 g/mol. The van der Waals surface area contributed by atoms with Gasteiger partial charge in [0.25, 0.3) is 11.5 Å². The molecule has 0 saturated heterocycles. The number of hydrogen-bond donors (Lipinski definition) is 3. The first-order valence-corrected chi connectivity index (χ1v) is 14.7. The lowest BCUT2D eigenvalue weighted by Gasteiger charge is -2.17. The van der Waals surface area contributed by atoms with Crippen molar-refractivity contribution in [3.63, 3.8) is 0 Å². The number of halogens is 2. The number of nitrogens with zero attached hydrogens (tertiary/aromatic N) is 5. The number of benzene rings is 3. The summed E-state index contributed by atoms with van der Waals surface area (Å²) >= 11 is 6.12. The number of likely N-dealkylation sites (N-methyl/N-ethyl adjacent to an activating group) is 1. The molecule has 238 valence electrons. The van der Waals surface area contributed by atoms with Gasteiger partial charge < -0.3 is 25.8 Å². The molecule has 0 radical (unpaired) electrons. The van der Waals surface area contributed by atoms with Gasteiger partial charge in [-0.25, -0.2) is 19.0 Å². The van der Waals surface area contributed by atoms with Gasteiger partial charge in [-0.15, -0.1) is 0 Å². The van der Waals surface area contributed by atoms with Crippen LogP contribution < -0.4 is 21.3 Å². The van der Waals surface area contributed by atoms with Crippen LogP contribution in [0.25, 0.3) is 28.2 Å². The second kappa shape index (κ2) is 13.5. The van der Waals surface area contributed by atoms with E-state index in [9.17, 15) is 14.7 Å². The van der Waals surface area contributed by atoms with E-state index in [4.69, 9.17) is 22.1 Å². The Balaban J connectivity index is 1.36. The van der Waals surface area contributed by atoms with Gasteiger partial charge in [0.2, 0.25) is 0 Å². The van der Waals surface area contributed by atoms with Gasteiger partial charge in [-0.2, -0.15) is 0 Å². The lowest BCUT2D eigenvalue weighted by atomic mass is 10.1. The summed E-state index contributed by atoms with van der Waals surface area (Å²) in [5.41, 5.74) is 8.37. The molecule has 0 spiro atoms. The van der Waals surface area contributed by atoms with E-state index in [1.807, 2.05) is 14.1 Å². The topological polar surface area (TPSA) is 141 Å². The van der Waals surface area contributed by atoms with Crippen molar-refractivity contribution in [2.45, 2.75) is 13.0 Å². The maximum absolute atomic E-state index is 15.4. The summed E-state index contributed by atoms with van der Waals surface area (Å²) in [6.45, 7) is 1.97. The number of nitrogens with two attached hydrogens (primary N) is 1. The summed E-state index contributed by atoms with van der Waals surface area (Å²) in [5.74, 6) is -1.11. The molecule has 0 bridgehead atoms. The third-order valence-electron chi connectivity index (χ3n) is 7.30. The van der Waals surface area contributed by atoms with Crippen LogP contribution in [-0.4, -0.2) is 68.6 Å². The molecule has 0 aliphatic heterocycles. The van der Waals surface area contributed by atoms with Crippen molar-refractivity contribution in [1.29, 1.82) is 0 Å². The van der Waals surface area contributed by atoms with Crippen LogP contribution in [0.1, 0.15) is 16.1 Å². The number of carbonyl (C=O) groups is 1. The highest BCUT2D eigenvalue weighted by Crippen LogP contribution is 2.31. The standard InChI is InChI=1S/C33H33ClFN7O4/c1-19-28(33(45)42(41(19)4)23-8-5-7-21(34)15-23)32(44)38-22-13-11-20(12-14-22)30-31(36)37-16-26(39-30)25-9-6-10-27(29(25)35)46-18-24(43)17-40(2)3/h5-16,24,43H,17-18H2,1-4H3,(H2,36,37)(H,38,44). The van der Waals surface area contributed by atoms with Crippen LogP contribution in [0.4, 0.5) is 15.9 Å². The Labute approximate surface area is 269 Å². The number of carbonyl (C=O) groups excluding carboxylic acids is 1. The van der Waals surface area contributed by atoms with Crippen LogP contribution in [0.2, 0.25) is 5.02 Å². The molecule has 0 aliphatic rings. The van der Waals surface area contributed by atoms with E-state index in [0.29, 0.717) is 39.9 Å². The Morgan fingerprint density at radius 3 is 2.57 bits per heavy atom. The molecular formula is C33H33ClFN7O4. The summed E-state index contributed by atoms with van der Waals surface area (Å²) in [4.78, 5) is 37.1. The van der Waals surface area contributed by atoms with Crippen molar-refractivity contribution in [3.8, 4) is 34.0 Å². The summed E-state index contributed by atoms with van der Waals surface area (Å²) in [6.07, 6.45) is 0.576. The van der Waals surface area contributed by atoms with Crippen molar-refractivity contribution in [1.82, 2.24) is 24.2 Å². The van der Waals surface area contributed by atoms with Crippen LogP contribution in [0.5, 0.6) is 5.75 Å². The van der Waals surface area contributed by atoms with E-state index in [0.717, 1.165) is 0 Å². The molecule has 2 heterocycles. The highest BCUT2D eigenvalue weighted by Gasteiger charge is 2.23. The molecule has 0 saturated carbocycles. The summed E-state index contributed by atoms with van der Waals surface area (Å²) in [6, 6.07) is 18.1. The Hall–Kier alpha value is -5.04. The van der Waals surface area contributed by atoms with Gasteiger partial charge in [-0.1, -0.05) is 35.9 Å². The maximum atomic E-state index is 15.4. The van der Waals surface area contributed by atoms with Crippen molar-refractivity contribution >= 4 is 29.0 Å². The van der Waals surface area contributed by atoms with Gasteiger partial charge in [-0.05, 0) is 63.5 Å². The zero-order chi connectivity index (χ0) is 33.1. The van der Waals surface area contributed by atoms with Crippen molar-refractivity contribution in [3.05, 3.63) is 105 Å². The Morgan fingerprint density at radius 2 is 1.87 bits per heavy atom. The zero-order valence-electron chi connectivity index (χ0n) is 25.7. The smallest absolute Gasteiger partial charge is 0.284 e. The second-order valence-electron chi connectivity index (χ2n) is 10.9. The Kier molecular flexibility index (Phi) is 9.52. The summed E-state index contributed by atoms with van der Waals surface area (Å²) in [5, 5.41) is 13.3. The number of nitrogens with one attached hydrogen (secondary N) is 1. The SMILES string of the molecule is Cc1c(C(=O)Nc2ccc(-c3nc(-c4cccc(OCC(O)CN(C)C)c4F)cnc3N)cc2)c(=O)n(-c2cccc(Cl)c2)n1C. The van der Waals surface area contributed by atoms with Gasteiger partial charge in [0.05, 0.1) is 23.3 Å². The Morgan fingerprint density at radius 1 is 1.15 bits per heavy atom. The summed E-state index contributed by atoms with van der Waals surface area (Å²) in [7, 11) is 5.32. The van der Waals surface area contributed by atoms with E-state index >= 15 is 4.39 Å². The number of ether oxygens (including phenoxy) is 1. The molecule has 1 unspecified atom stereocenters. The first-order chi connectivity index (χ1) is 21.9. The van der Waals surface area contributed by atoms with Gasteiger partial charge in [0, 0.05) is 35.4 Å². The van der Waals surface area contributed by atoms with Crippen LogP contribution >= 0.6 is 11.6 Å². The third-order valence-corrected chi connectivity index (χ3v) is 7.53. The van der Waals surface area contributed by atoms with Crippen LogP contribution in [0.15, 0.2) is 77.7 Å². The number of hydrogen-bond acceptors (Lipinski definition) is 8. The van der Waals surface area contributed by atoms with Gasteiger partial charge in [0.15, 0.2) is 11.6 Å². The number of aliphatic hydroxyl groups is 1. The van der Waals surface area contributed by atoms with Crippen LogP contribution in [0.3, 0.4) is 0 Å². The maximum Gasteiger partial charge on any atom is 0.284 e. The lowest BCUT2D eigenvalue weighted by molar-refractivity contribution is 0.0814. The van der Waals surface area contributed by atoms with E-state index in [-0.39, 0.29) is 35.0 Å². The number of anilines is 2. The van der Waals surface area contributed by atoms with Crippen LogP contribution in [-0.2, 0) is 7.05 Å². The normalized spacial score (nSPS) is 11.9. The fraction of sp³-hybridized carbons (Fsp3) is 0.212. The van der Waals surface area contributed by atoms with Gasteiger partial charge >= 0.3 is 0 Å². The van der Waals surface area contributed by atoms with E-state index in [2.05, 4.69) is 15.3 Å². The molecule has 5 aromatic rings. The highest BCUT2D eigenvalue weighted by molar-refractivity contribution is 6.30. The predicted octanol–water partition coefficient (Wildman–Crippen LogP) is 4.54. The Bertz CT molecular complexity index is 1960. The third kappa shape index (κ3) is 6.79. The number of amides is 1. The molecule has 1 amide bonds. The number of aliphatic hydroxyl groups excluding tert-OH is 1. The first-order valence-electron chi connectivity index (χ1n) is 14.3. The molecule has 3 aromatic carbocycles. The fourth-order valence-corrected chi connectivity index (χ4v) is 5.18. The van der Waals surface area contributed by atoms with Crippen molar-refractivity contribution in [2.75, 3.05) is 38.3 Å². The molecule has 11 nitrogen and oxygen atoms in total. The number of nitrogen functional groups attached to an aromatic ring is 1. The molecule has 0 aliphatic carbocycles. The fourth-order valence-electron chi connectivity index (χ4n) is 4.99. The predicted molar refractivity (Wildman–Crippen MR) is 176 cm³/mol. The minimum Gasteiger partial charge on any atom is -0.488 e. The minimum absolute atomic E-state index is 0.00481. The first kappa shape index (κ1) is 32.4. The van der Waals surface area contributed by atoms with E-state index in [1.54, 1.807) is 84.2 Å². The van der Waals surface area contributed by atoms with Gasteiger partial charge in [0.1, 0.15) is 29.8 Å². The van der Waals surface area contributed by atoms with Crippen molar-refractivity contribution < 1.29 is 19.0 Å². The molecule has 4 N–H and O–H groups in total. The van der Waals surface area contributed by atoms with Crippen LogP contribution in [0, 0.1) is 12.7 Å². The van der Waals surface area contributed by atoms with E-state index < -0.39 is 23.4 Å². The zero-order valence-corrected chi connectivity index (χ0v) is 26.4. The van der Waals surface area contributed by atoms with E-state index in [1.165, 1.54) is 16.9 Å². The molecule has 1 atom stereocenters. The second-order valence-corrected chi connectivity index (χ2v) is 11.4. The summed E-state index contributed by atoms with van der Waals surface area (Å²) < 4.78 is 23.9.